The lowest BCUT2D eigenvalue weighted by Gasteiger charge is -2.06. The molecular formula is C14H11ClN4O3S. The van der Waals surface area contributed by atoms with Crippen LogP contribution in [0.3, 0.4) is 0 Å². The molecule has 7 nitrogen and oxygen atoms in total. The van der Waals surface area contributed by atoms with Gasteiger partial charge in [-0.05, 0) is 43.3 Å². The fourth-order valence-corrected chi connectivity index (χ4v) is 2.56. The zero-order valence-corrected chi connectivity index (χ0v) is 13.5. The molecule has 0 saturated heterocycles. The maximum Gasteiger partial charge on any atom is 0.296 e. The fraction of sp³-hybridized carbons (Fsp3) is 0.0714. The number of pyridine rings is 1. The minimum Gasteiger partial charge on any atom is -0.282 e. The van der Waals surface area contributed by atoms with E-state index in [4.69, 9.17) is 16.2 Å². The minimum absolute atomic E-state index is 0.286. The van der Waals surface area contributed by atoms with Gasteiger partial charge in [0.15, 0.2) is 11.6 Å². The predicted octanol–water partition coefficient (Wildman–Crippen LogP) is 2.54. The fourth-order valence-electron chi connectivity index (χ4n) is 2.01. The first kappa shape index (κ1) is 15.6. The van der Waals surface area contributed by atoms with Gasteiger partial charge in [-0.2, -0.15) is 13.1 Å². The van der Waals surface area contributed by atoms with Gasteiger partial charge in [-0.1, -0.05) is 11.6 Å². The van der Waals surface area contributed by atoms with Gasteiger partial charge in [-0.15, -0.1) is 5.10 Å². The van der Waals surface area contributed by atoms with Crippen LogP contribution in [0.4, 0.5) is 0 Å². The molecule has 0 radical (unpaired) electrons. The summed E-state index contributed by atoms with van der Waals surface area (Å²) in [5, 5.41) is 4.87. The highest BCUT2D eigenvalue weighted by atomic mass is 35.5. The van der Waals surface area contributed by atoms with E-state index >= 15 is 0 Å². The largest absolute Gasteiger partial charge is 0.296 e. The SMILES string of the molecule is Cc1nc(-c2ccc(Cl)cc2)n(-c2ccc(S(=O)(=O)O)cn2)n1. The molecule has 2 aromatic heterocycles. The highest BCUT2D eigenvalue weighted by molar-refractivity contribution is 7.85. The highest BCUT2D eigenvalue weighted by Gasteiger charge is 2.15. The van der Waals surface area contributed by atoms with Gasteiger partial charge >= 0.3 is 0 Å². The number of hydrogen-bond donors (Lipinski definition) is 1. The van der Waals surface area contributed by atoms with E-state index in [0.29, 0.717) is 22.5 Å². The summed E-state index contributed by atoms with van der Waals surface area (Å²) in [6.07, 6.45) is 1.06. The summed E-state index contributed by atoms with van der Waals surface area (Å²) < 4.78 is 32.6. The molecule has 3 aromatic rings. The van der Waals surface area contributed by atoms with Crippen LogP contribution in [-0.4, -0.2) is 32.7 Å². The van der Waals surface area contributed by atoms with E-state index in [-0.39, 0.29) is 4.90 Å². The average molecular weight is 351 g/mol. The molecule has 0 aliphatic carbocycles. The van der Waals surface area contributed by atoms with Gasteiger partial charge in [0, 0.05) is 10.6 Å². The van der Waals surface area contributed by atoms with Crippen molar-refractivity contribution in [2.75, 3.05) is 0 Å². The average Bonchev–Trinajstić information content (AvgIpc) is 2.89. The van der Waals surface area contributed by atoms with Gasteiger partial charge in [0.1, 0.15) is 10.7 Å². The third kappa shape index (κ3) is 3.24. The van der Waals surface area contributed by atoms with Gasteiger partial charge in [0.2, 0.25) is 0 Å². The second-order valence-corrected chi connectivity index (χ2v) is 6.59. The van der Waals surface area contributed by atoms with Gasteiger partial charge in [-0.3, -0.25) is 4.55 Å². The van der Waals surface area contributed by atoms with E-state index in [2.05, 4.69) is 15.1 Å². The quantitative estimate of drug-likeness (QED) is 0.729. The Kier molecular flexibility index (Phi) is 3.88. The summed E-state index contributed by atoms with van der Waals surface area (Å²) in [6.45, 7) is 1.74. The molecule has 2 heterocycles. The van der Waals surface area contributed by atoms with Crippen LogP contribution in [0.5, 0.6) is 0 Å². The standard InChI is InChI=1S/C14H11ClN4O3S/c1-9-17-14(10-2-4-11(15)5-3-10)19(18-9)13-7-6-12(8-16-13)23(20,21)22/h2-8H,1H3,(H,20,21,22). The molecule has 0 aliphatic rings. The van der Waals surface area contributed by atoms with Crippen molar-refractivity contribution < 1.29 is 13.0 Å². The molecular weight excluding hydrogens is 340 g/mol. The summed E-state index contributed by atoms with van der Waals surface area (Å²) in [5.74, 6) is 1.46. The first-order valence-corrected chi connectivity index (χ1v) is 8.30. The monoisotopic (exact) mass is 350 g/mol. The van der Waals surface area contributed by atoms with Crippen LogP contribution >= 0.6 is 11.6 Å². The molecule has 9 heteroatoms. The maximum absolute atomic E-state index is 11.1. The molecule has 0 aliphatic heterocycles. The van der Waals surface area contributed by atoms with Crippen LogP contribution in [-0.2, 0) is 10.1 Å². The Hall–Kier alpha value is -2.29. The van der Waals surface area contributed by atoms with Crippen LogP contribution < -0.4 is 0 Å². The second kappa shape index (κ2) is 5.73. The normalized spacial score (nSPS) is 11.6. The molecule has 1 aromatic carbocycles. The van der Waals surface area contributed by atoms with Crippen LogP contribution in [0.15, 0.2) is 47.5 Å². The highest BCUT2D eigenvalue weighted by Crippen LogP contribution is 2.22. The molecule has 0 fully saturated rings. The summed E-state index contributed by atoms with van der Waals surface area (Å²) >= 11 is 5.89. The van der Waals surface area contributed by atoms with Crippen molar-refractivity contribution in [2.45, 2.75) is 11.8 Å². The number of rotatable bonds is 3. The number of aryl methyl sites for hydroxylation is 1. The lowest BCUT2D eigenvalue weighted by molar-refractivity contribution is 0.482. The zero-order valence-electron chi connectivity index (χ0n) is 11.9. The van der Waals surface area contributed by atoms with Crippen LogP contribution in [0.1, 0.15) is 5.82 Å². The summed E-state index contributed by atoms with van der Waals surface area (Å²) in [7, 11) is -4.29. The molecule has 0 unspecified atom stereocenters. The second-order valence-electron chi connectivity index (χ2n) is 4.73. The van der Waals surface area contributed by atoms with Gasteiger partial charge in [-0.25, -0.2) is 9.97 Å². The Bertz CT molecular complexity index is 951. The number of aromatic nitrogens is 4. The molecule has 0 bridgehead atoms. The molecule has 3 rings (SSSR count). The Balaban J connectivity index is 2.09. The van der Waals surface area contributed by atoms with Gasteiger partial charge < -0.3 is 0 Å². The number of hydrogen-bond acceptors (Lipinski definition) is 5. The molecule has 118 valence electrons. The molecule has 0 atom stereocenters. The van der Waals surface area contributed by atoms with Crippen molar-refractivity contribution in [1.82, 2.24) is 19.7 Å². The maximum atomic E-state index is 11.1. The van der Waals surface area contributed by atoms with Crippen molar-refractivity contribution in [3.63, 3.8) is 0 Å². The Labute approximate surface area is 137 Å². The number of benzene rings is 1. The van der Waals surface area contributed by atoms with E-state index in [1.54, 1.807) is 31.2 Å². The van der Waals surface area contributed by atoms with Crippen LogP contribution in [0, 0.1) is 6.92 Å². The molecule has 1 N–H and O–H groups in total. The topological polar surface area (TPSA) is 98.0 Å². The molecule has 0 amide bonds. The van der Waals surface area contributed by atoms with E-state index in [1.807, 2.05) is 0 Å². The smallest absolute Gasteiger partial charge is 0.282 e. The Morgan fingerprint density at radius 3 is 2.39 bits per heavy atom. The first-order valence-electron chi connectivity index (χ1n) is 6.48. The summed E-state index contributed by atoms with van der Waals surface area (Å²) in [6, 6.07) is 9.76. The van der Waals surface area contributed by atoms with Crippen LogP contribution in [0.25, 0.3) is 17.2 Å². The van der Waals surface area contributed by atoms with E-state index in [9.17, 15) is 8.42 Å². The van der Waals surface area contributed by atoms with E-state index in [1.165, 1.54) is 16.8 Å². The predicted molar refractivity (Wildman–Crippen MR) is 84.2 cm³/mol. The van der Waals surface area contributed by atoms with Crippen LogP contribution in [0.2, 0.25) is 5.02 Å². The van der Waals surface area contributed by atoms with Gasteiger partial charge in [0.05, 0.1) is 6.20 Å². The van der Waals surface area contributed by atoms with Crippen molar-refractivity contribution in [2.24, 2.45) is 0 Å². The van der Waals surface area contributed by atoms with Crippen molar-refractivity contribution >= 4 is 21.7 Å². The summed E-state index contributed by atoms with van der Waals surface area (Å²) in [5.41, 5.74) is 0.788. The van der Waals surface area contributed by atoms with Crippen molar-refractivity contribution in [1.29, 1.82) is 0 Å². The Morgan fingerprint density at radius 1 is 1.13 bits per heavy atom. The Morgan fingerprint density at radius 2 is 1.83 bits per heavy atom. The lowest BCUT2D eigenvalue weighted by atomic mass is 10.2. The third-order valence-corrected chi connectivity index (χ3v) is 4.14. The zero-order chi connectivity index (χ0) is 16.6. The number of halogens is 1. The first-order chi connectivity index (χ1) is 10.8. The molecule has 0 spiro atoms. The van der Waals surface area contributed by atoms with Crippen molar-refractivity contribution in [3.8, 4) is 17.2 Å². The lowest BCUT2D eigenvalue weighted by Crippen LogP contribution is -2.04. The summed E-state index contributed by atoms with van der Waals surface area (Å²) in [4.78, 5) is 8.10. The van der Waals surface area contributed by atoms with E-state index in [0.717, 1.165) is 11.8 Å². The van der Waals surface area contributed by atoms with E-state index < -0.39 is 10.1 Å². The molecule has 0 saturated carbocycles. The molecule has 23 heavy (non-hydrogen) atoms. The van der Waals surface area contributed by atoms with Gasteiger partial charge in [0.25, 0.3) is 10.1 Å². The minimum atomic E-state index is -4.29. The number of nitrogens with zero attached hydrogens (tertiary/aromatic N) is 4. The van der Waals surface area contributed by atoms with Crippen molar-refractivity contribution in [3.05, 3.63) is 53.4 Å². The third-order valence-electron chi connectivity index (χ3n) is 3.05.